The predicted molar refractivity (Wildman–Crippen MR) is 33.9 cm³/mol. The fraction of sp³-hybridized carbons (Fsp3) is 1.00. The summed E-state index contributed by atoms with van der Waals surface area (Å²) in [5, 5.41) is 9.92. The van der Waals surface area contributed by atoms with Crippen molar-refractivity contribution < 1.29 is 19.3 Å². The van der Waals surface area contributed by atoms with Crippen LogP contribution in [-0.2, 0) is 19.3 Å². The van der Waals surface area contributed by atoms with E-state index < -0.39 is 6.48 Å². The van der Waals surface area contributed by atoms with Crippen molar-refractivity contribution in [3.8, 4) is 0 Å². The number of hydrogen-bond donors (Lipinski definition) is 0. The van der Waals surface area contributed by atoms with Crippen LogP contribution in [0.1, 0.15) is 6.92 Å². The average Bonchev–Trinajstić information content (AvgIpc) is 1.98. The van der Waals surface area contributed by atoms with E-state index in [1.54, 1.807) is 0 Å². The minimum absolute atomic E-state index is 0.124. The van der Waals surface area contributed by atoms with E-state index in [-0.39, 0.29) is 13.2 Å². The Morgan fingerprint density at radius 3 is 2.50 bits per heavy atom. The van der Waals surface area contributed by atoms with Crippen molar-refractivity contribution in [3.63, 3.8) is 0 Å². The highest BCUT2D eigenvalue weighted by Gasteiger charge is 2.04. The topological polar surface area (TPSA) is 47.6 Å². The van der Waals surface area contributed by atoms with Crippen LogP contribution in [0.25, 0.3) is 0 Å². The van der Waals surface area contributed by atoms with Crippen LogP contribution >= 0.6 is 0 Å². The molecule has 0 spiro atoms. The second-order valence-corrected chi connectivity index (χ2v) is 1.55. The minimum atomic E-state index is -0.682. The normalized spacial score (nSPS) is 13.5. The maximum atomic E-state index is 9.92. The van der Waals surface area contributed by atoms with Gasteiger partial charge in [0.15, 0.2) is 0 Å². The van der Waals surface area contributed by atoms with E-state index in [0.717, 1.165) is 0 Å². The minimum Gasteiger partial charge on any atom is -0.333 e. The fourth-order valence-corrected chi connectivity index (χ4v) is 0.465. The Kier molecular flexibility index (Phi) is 6.84. The van der Waals surface area contributed by atoms with E-state index in [9.17, 15) is 5.11 Å². The Hall–Kier alpha value is -0.160. The van der Waals surface area contributed by atoms with Gasteiger partial charge < -0.3 is 14.2 Å². The molecule has 0 saturated carbocycles. The van der Waals surface area contributed by atoms with Gasteiger partial charge in [-0.05, 0) is 6.92 Å². The van der Waals surface area contributed by atoms with Gasteiger partial charge in [-0.15, -0.1) is 0 Å². The lowest BCUT2D eigenvalue weighted by Crippen LogP contribution is -2.20. The molecule has 0 aromatic carbocycles. The Morgan fingerprint density at radius 2 is 2.10 bits per heavy atom. The lowest BCUT2D eigenvalue weighted by molar-refractivity contribution is -0.278. The summed E-state index contributed by atoms with van der Waals surface area (Å²) >= 11 is 0. The van der Waals surface area contributed by atoms with Crippen LogP contribution in [0.2, 0.25) is 0 Å². The third-order valence-corrected chi connectivity index (χ3v) is 0.832. The van der Waals surface area contributed by atoms with E-state index >= 15 is 0 Å². The van der Waals surface area contributed by atoms with Crippen molar-refractivity contribution in [2.45, 2.75) is 13.4 Å². The van der Waals surface area contributed by atoms with E-state index in [4.69, 9.17) is 14.2 Å². The zero-order chi connectivity index (χ0) is 7.82. The van der Waals surface area contributed by atoms with Gasteiger partial charge >= 0.3 is 0 Å². The average molecular weight is 149 g/mol. The number of methoxy groups -OCH3 is 1. The Labute approximate surface area is 60.7 Å². The largest absolute Gasteiger partial charge is 0.333 e. The van der Waals surface area contributed by atoms with Crippen LogP contribution in [0.4, 0.5) is 0 Å². The van der Waals surface area contributed by atoms with Gasteiger partial charge in [-0.2, -0.15) is 0 Å². The zero-order valence-electron chi connectivity index (χ0n) is 6.33. The quantitative estimate of drug-likeness (QED) is 0.513. The molecule has 0 saturated heterocycles. The SMILES string of the molecule is CCOC(OC)OCC[O]. The van der Waals surface area contributed by atoms with Crippen LogP contribution < -0.4 is 0 Å². The first-order valence-corrected chi connectivity index (χ1v) is 3.19. The third-order valence-electron chi connectivity index (χ3n) is 0.832. The number of ether oxygens (including phenoxy) is 3. The molecular formula is C6H13O4. The van der Waals surface area contributed by atoms with Crippen LogP contribution in [0.15, 0.2) is 0 Å². The Morgan fingerprint density at radius 1 is 1.40 bits per heavy atom. The highest BCUT2D eigenvalue weighted by atomic mass is 16.8. The van der Waals surface area contributed by atoms with Crippen molar-refractivity contribution >= 4 is 0 Å². The van der Waals surface area contributed by atoms with Crippen molar-refractivity contribution in [1.82, 2.24) is 0 Å². The lowest BCUT2D eigenvalue weighted by atomic mass is 10.8. The van der Waals surface area contributed by atoms with Crippen molar-refractivity contribution in [2.24, 2.45) is 0 Å². The van der Waals surface area contributed by atoms with Gasteiger partial charge in [0.25, 0.3) is 6.48 Å². The molecule has 0 N–H and O–H groups in total. The molecule has 0 aromatic rings. The summed E-state index contributed by atoms with van der Waals surface area (Å²) in [6.45, 7) is 1.51. The zero-order valence-corrected chi connectivity index (χ0v) is 6.33. The maximum absolute atomic E-state index is 9.92. The molecule has 0 heterocycles. The van der Waals surface area contributed by atoms with E-state index in [2.05, 4.69) is 0 Å². The van der Waals surface area contributed by atoms with Crippen LogP contribution in [0.5, 0.6) is 0 Å². The monoisotopic (exact) mass is 149 g/mol. The van der Waals surface area contributed by atoms with E-state index in [1.165, 1.54) is 7.11 Å². The molecule has 0 aliphatic heterocycles. The summed E-state index contributed by atoms with van der Waals surface area (Å²) in [5.74, 6) is 0. The number of rotatable bonds is 6. The molecule has 4 nitrogen and oxygen atoms in total. The molecule has 0 amide bonds. The third kappa shape index (κ3) is 4.69. The summed E-state index contributed by atoms with van der Waals surface area (Å²) in [5.41, 5.74) is 0. The van der Waals surface area contributed by atoms with Gasteiger partial charge in [0.05, 0.1) is 6.61 Å². The summed E-state index contributed by atoms with van der Waals surface area (Å²) in [6, 6.07) is 0. The first-order valence-electron chi connectivity index (χ1n) is 3.19. The van der Waals surface area contributed by atoms with Gasteiger partial charge in [-0.3, -0.25) is 0 Å². The summed E-state index contributed by atoms with van der Waals surface area (Å²) in [6.07, 6.45) is 0. The molecular weight excluding hydrogens is 136 g/mol. The Bertz CT molecular complexity index is 66.8. The molecule has 61 valence electrons. The first kappa shape index (κ1) is 9.84. The lowest BCUT2D eigenvalue weighted by Gasteiger charge is -2.13. The molecule has 0 bridgehead atoms. The molecule has 1 atom stereocenters. The van der Waals surface area contributed by atoms with Crippen LogP contribution in [-0.4, -0.2) is 33.4 Å². The fourth-order valence-electron chi connectivity index (χ4n) is 0.465. The van der Waals surface area contributed by atoms with Gasteiger partial charge in [0.2, 0.25) is 0 Å². The summed E-state index contributed by atoms with van der Waals surface area (Å²) < 4.78 is 14.4. The molecule has 0 aliphatic rings. The molecule has 0 aliphatic carbocycles. The van der Waals surface area contributed by atoms with Crippen molar-refractivity contribution in [3.05, 3.63) is 0 Å². The van der Waals surface area contributed by atoms with E-state index in [0.29, 0.717) is 6.61 Å². The second-order valence-electron chi connectivity index (χ2n) is 1.55. The highest BCUT2D eigenvalue weighted by molar-refractivity contribution is 4.24. The van der Waals surface area contributed by atoms with Crippen molar-refractivity contribution in [1.29, 1.82) is 0 Å². The Balaban J connectivity index is 3.21. The van der Waals surface area contributed by atoms with Crippen molar-refractivity contribution in [2.75, 3.05) is 26.9 Å². The second kappa shape index (κ2) is 6.95. The standard InChI is InChI=1S/C6H13O4/c1-3-9-6(8-2)10-5-4-7/h6H,3-5H2,1-2H3. The van der Waals surface area contributed by atoms with Gasteiger partial charge in [0, 0.05) is 13.7 Å². The van der Waals surface area contributed by atoms with E-state index in [1.807, 2.05) is 6.92 Å². The molecule has 4 heteroatoms. The number of hydrogen-bond acceptors (Lipinski definition) is 3. The molecule has 1 radical (unpaired) electrons. The smallest absolute Gasteiger partial charge is 0.271 e. The first-order chi connectivity index (χ1) is 4.85. The molecule has 1 unspecified atom stereocenters. The maximum Gasteiger partial charge on any atom is 0.271 e. The molecule has 10 heavy (non-hydrogen) atoms. The van der Waals surface area contributed by atoms with Gasteiger partial charge in [-0.25, -0.2) is 5.11 Å². The highest BCUT2D eigenvalue weighted by Crippen LogP contribution is 1.93. The van der Waals surface area contributed by atoms with Crippen LogP contribution in [0.3, 0.4) is 0 Å². The van der Waals surface area contributed by atoms with Gasteiger partial charge in [-0.1, -0.05) is 0 Å². The predicted octanol–water partition coefficient (Wildman–Crippen LogP) is 0.400. The summed E-state index contributed by atoms with van der Waals surface area (Å²) in [4.78, 5) is 0. The molecule has 0 fully saturated rings. The molecule has 0 rings (SSSR count). The summed E-state index contributed by atoms with van der Waals surface area (Å²) in [7, 11) is 1.46. The molecule has 0 aromatic heterocycles. The van der Waals surface area contributed by atoms with Crippen LogP contribution in [0, 0.1) is 0 Å². The van der Waals surface area contributed by atoms with Gasteiger partial charge in [0.1, 0.15) is 6.61 Å².